The topological polar surface area (TPSA) is 115 Å². The fourth-order valence-electron chi connectivity index (χ4n) is 3.15. The Hall–Kier alpha value is -3.92. The number of amides is 1. The van der Waals surface area contributed by atoms with Crippen molar-refractivity contribution in [1.82, 2.24) is 25.1 Å². The lowest BCUT2D eigenvalue weighted by Gasteiger charge is -2.12. The molecule has 4 aromatic rings. The third-order valence-corrected chi connectivity index (χ3v) is 5.84. The molecule has 0 aliphatic heterocycles. The minimum atomic E-state index is -0.357. The van der Waals surface area contributed by atoms with Gasteiger partial charge in [-0.25, -0.2) is 15.0 Å². The molecule has 1 aromatic carbocycles. The van der Waals surface area contributed by atoms with E-state index in [0.29, 0.717) is 33.1 Å². The summed E-state index contributed by atoms with van der Waals surface area (Å²) in [5, 5.41) is 15.4. The molecule has 10 heteroatoms. The fraction of sp³-hybridized carbons (Fsp3) is 0.182. The second kappa shape index (κ2) is 8.67. The Balaban J connectivity index is 1.38. The number of rotatable bonds is 7. The molecule has 160 valence electrons. The summed E-state index contributed by atoms with van der Waals surface area (Å²) in [4.78, 5) is 25.8. The van der Waals surface area contributed by atoms with Crippen molar-refractivity contribution < 1.29 is 9.53 Å². The lowest BCUT2D eigenvalue weighted by atomic mass is 10.2. The van der Waals surface area contributed by atoms with Crippen molar-refractivity contribution >= 4 is 33.8 Å². The van der Waals surface area contributed by atoms with E-state index < -0.39 is 0 Å². The lowest BCUT2D eigenvalue weighted by Crippen LogP contribution is -2.16. The van der Waals surface area contributed by atoms with E-state index in [2.05, 4.69) is 35.8 Å². The first kappa shape index (κ1) is 20.0. The van der Waals surface area contributed by atoms with E-state index in [1.807, 2.05) is 36.4 Å². The van der Waals surface area contributed by atoms with Gasteiger partial charge in [0, 0.05) is 17.2 Å². The van der Waals surface area contributed by atoms with Crippen molar-refractivity contribution in [2.75, 3.05) is 17.7 Å². The van der Waals surface area contributed by atoms with E-state index in [9.17, 15) is 4.79 Å². The van der Waals surface area contributed by atoms with Gasteiger partial charge in [-0.05, 0) is 49.2 Å². The lowest BCUT2D eigenvalue weighted by molar-refractivity contribution is 0.102. The third-order valence-electron chi connectivity index (χ3n) is 4.95. The Morgan fingerprint density at radius 2 is 1.84 bits per heavy atom. The number of methoxy groups -OCH3 is 1. The number of benzene rings is 1. The Bertz CT molecular complexity index is 1240. The van der Waals surface area contributed by atoms with Crippen LogP contribution in [-0.4, -0.2) is 38.2 Å². The molecule has 5 rings (SSSR count). The van der Waals surface area contributed by atoms with Gasteiger partial charge in [-0.15, -0.1) is 10.2 Å². The van der Waals surface area contributed by atoms with Gasteiger partial charge >= 0.3 is 0 Å². The summed E-state index contributed by atoms with van der Waals surface area (Å²) in [5.41, 5.74) is 3.34. The van der Waals surface area contributed by atoms with Crippen molar-refractivity contribution in [2.45, 2.75) is 18.8 Å². The summed E-state index contributed by atoms with van der Waals surface area (Å²) in [7, 11) is 1.62. The van der Waals surface area contributed by atoms with Crippen LogP contribution in [0.4, 0.5) is 16.5 Å². The Morgan fingerprint density at radius 1 is 1.06 bits per heavy atom. The SMILES string of the molecule is COc1ccc(-c2nnc(NC(=O)c3nc(C4CC4)ccc3Nc3cncnc3)s2)cc1. The second-order valence-corrected chi connectivity index (χ2v) is 8.23. The number of hydrogen-bond donors (Lipinski definition) is 2. The highest BCUT2D eigenvalue weighted by Gasteiger charge is 2.27. The summed E-state index contributed by atoms with van der Waals surface area (Å²) < 4.78 is 5.19. The number of ether oxygens (including phenoxy) is 1. The van der Waals surface area contributed by atoms with Crippen LogP contribution in [-0.2, 0) is 0 Å². The average molecular weight is 446 g/mol. The molecule has 0 saturated heterocycles. The fourth-order valence-corrected chi connectivity index (χ4v) is 3.90. The molecule has 9 nitrogen and oxygen atoms in total. The van der Waals surface area contributed by atoms with E-state index in [1.165, 1.54) is 17.7 Å². The van der Waals surface area contributed by atoms with Gasteiger partial charge in [0.25, 0.3) is 5.91 Å². The predicted molar refractivity (Wildman–Crippen MR) is 121 cm³/mol. The molecule has 1 aliphatic rings. The van der Waals surface area contributed by atoms with Gasteiger partial charge in [0.2, 0.25) is 5.13 Å². The van der Waals surface area contributed by atoms with Crippen LogP contribution in [0.15, 0.2) is 55.1 Å². The molecule has 1 saturated carbocycles. The molecule has 0 unspecified atom stereocenters. The molecular formula is C22H19N7O2S. The first-order valence-corrected chi connectivity index (χ1v) is 10.8. The van der Waals surface area contributed by atoms with Crippen molar-refractivity contribution in [1.29, 1.82) is 0 Å². The van der Waals surface area contributed by atoms with Crippen molar-refractivity contribution in [3.8, 4) is 16.3 Å². The second-order valence-electron chi connectivity index (χ2n) is 7.25. The summed E-state index contributed by atoms with van der Waals surface area (Å²) >= 11 is 1.29. The molecule has 0 radical (unpaired) electrons. The monoisotopic (exact) mass is 445 g/mol. The molecule has 0 atom stereocenters. The zero-order chi connectivity index (χ0) is 21.9. The number of hydrogen-bond acceptors (Lipinski definition) is 9. The third kappa shape index (κ3) is 4.40. The summed E-state index contributed by atoms with van der Waals surface area (Å²) in [5.74, 6) is 0.820. The van der Waals surface area contributed by atoms with Crippen LogP contribution in [0.1, 0.15) is 34.9 Å². The van der Waals surface area contributed by atoms with Crippen LogP contribution < -0.4 is 15.4 Å². The van der Waals surface area contributed by atoms with Gasteiger partial charge in [0.15, 0.2) is 5.69 Å². The first-order valence-electron chi connectivity index (χ1n) is 10.0. The van der Waals surface area contributed by atoms with Crippen molar-refractivity contribution in [3.63, 3.8) is 0 Å². The van der Waals surface area contributed by atoms with Gasteiger partial charge in [0.1, 0.15) is 17.1 Å². The Labute approximate surface area is 188 Å². The predicted octanol–water partition coefficient (Wildman–Crippen LogP) is 4.27. The van der Waals surface area contributed by atoms with Gasteiger partial charge < -0.3 is 10.1 Å². The van der Waals surface area contributed by atoms with E-state index in [-0.39, 0.29) is 5.91 Å². The number of pyridine rings is 1. The molecule has 0 spiro atoms. The average Bonchev–Trinajstić information content (AvgIpc) is 3.58. The minimum absolute atomic E-state index is 0.291. The van der Waals surface area contributed by atoms with E-state index >= 15 is 0 Å². The Morgan fingerprint density at radius 3 is 2.56 bits per heavy atom. The zero-order valence-electron chi connectivity index (χ0n) is 17.1. The van der Waals surface area contributed by atoms with Crippen LogP contribution in [0.5, 0.6) is 5.75 Å². The molecule has 1 aliphatic carbocycles. The maximum atomic E-state index is 13.1. The molecule has 0 bridgehead atoms. The number of carbonyl (C=O) groups excluding carboxylic acids is 1. The van der Waals surface area contributed by atoms with Crippen LogP contribution in [0.2, 0.25) is 0 Å². The minimum Gasteiger partial charge on any atom is -0.497 e. The van der Waals surface area contributed by atoms with E-state index in [1.54, 1.807) is 19.5 Å². The molecule has 1 fully saturated rings. The highest BCUT2D eigenvalue weighted by atomic mass is 32.1. The van der Waals surface area contributed by atoms with Crippen LogP contribution >= 0.6 is 11.3 Å². The smallest absolute Gasteiger partial charge is 0.278 e. The molecule has 1 amide bonds. The van der Waals surface area contributed by atoms with E-state index in [0.717, 1.165) is 29.8 Å². The highest BCUT2D eigenvalue weighted by molar-refractivity contribution is 7.18. The standard InChI is InChI=1S/C22H19N7O2S/c1-31-16-6-4-14(5-7-16)21-28-29-22(32-21)27-20(30)19-18(25-15-10-23-12-24-11-15)9-8-17(26-19)13-2-3-13/h4-13,25H,2-3H2,1H3,(H,27,29,30). The molecular weight excluding hydrogens is 426 g/mol. The zero-order valence-corrected chi connectivity index (χ0v) is 18.0. The number of nitrogens with zero attached hydrogens (tertiary/aromatic N) is 5. The number of nitrogens with one attached hydrogen (secondary N) is 2. The first-order chi connectivity index (χ1) is 15.7. The summed E-state index contributed by atoms with van der Waals surface area (Å²) in [6.45, 7) is 0. The normalized spacial score (nSPS) is 12.9. The van der Waals surface area contributed by atoms with Gasteiger partial charge in [-0.2, -0.15) is 0 Å². The van der Waals surface area contributed by atoms with Crippen molar-refractivity contribution in [3.05, 3.63) is 66.5 Å². The molecule has 2 N–H and O–H groups in total. The van der Waals surface area contributed by atoms with Gasteiger partial charge in [0.05, 0.1) is 30.9 Å². The van der Waals surface area contributed by atoms with Crippen molar-refractivity contribution in [2.24, 2.45) is 0 Å². The van der Waals surface area contributed by atoms with Gasteiger partial charge in [-0.1, -0.05) is 11.3 Å². The van der Waals surface area contributed by atoms with Crippen LogP contribution in [0.25, 0.3) is 10.6 Å². The molecule has 3 aromatic heterocycles. The molecule has 3 heterocycles. The highest BCUT2D eigenvalue weighted by Crippen LogP contribution is 2.40. The Kier molecular flexibility index (Phi) is 5.42. The van der Waals surface area contributed by atoms with Crippen LogP contribution in [0, 0.1) is 0 Å². The number of carbonyl (C=O) groups is 1. The number of aromatic nitrogens is 5. The maximum absolute atomic E-state index is 13.1. The summed E-state index contributed by atoms with van der Waals surface area (Å²) in [6, 6.07) is 11.3. The largest absolute Gasteiger partial charge is 0.497 e. The van der Waals surface area contributed by atoms with Crippen LogP contribution in [0.3, 0.4) is 0 Å². The van der Waals surface area contributed by atoms with Gasteiger partial charge in [-0.3, -0.25) is 10.1 Å². The summed E-state index contributed by atoms with van der Waals surface area (Å²) in [6.07, 6.45) is 6.90. The van der Waals surface area contributed by atoms with E-state index in [4.69, 9.17) is 4.74 Å². The number of anilines is 3. The molecule has 32 heavy (non-hydrogen) atoms. The quantitative estimate of drug-likeness (QED) is 0.433. The maximum Gasteiger partial charge on any atom is 0.278 e.